The monoisotopic (exact) mass is 2320 g/mol. The molecule has 28 nitrogen and oxygen atoms in total. The van der Waals surface area contributed by atoms with Crippen LogP contribution in [0.25, 0.3) is 0 Å². The molecule has 0 aliphatic carbocycles. The van der Waals surface area contributed by atoms with Gasteiger partial charge in [0.25, 0.3) is 29.6 Å². The van der Waals surface area contributed by atoms with Crippen molar-refractivity contribution < 1.29 is 128 Å². The van der Waals surface area contributed by atoms with Crippen molar-refractivity contribution in [3.63, 3.8) is 0 Å². The van der Waals surface area contributed by atoms with Crippen LogP contribution < -0.4 is 27.2 Å². The van der Waals surface area contributed by atoms with E-state index in [-0.39, 0.29) is 142 Å². The van der Waals surface area contributed by atoms with Crippen LogP contribution in [0.4, 0.5) is 30.7 Å². The first kappa shape index (κ1) is 131. The minimum Gasteiger partial charge on any atom is -0.394 e. The number of amides is 5. The second-order valence-electron chi connectivity index (χ2n) is 32.4. The van der Waals surface area contributed by atoms with Crippen LogP contribution >= 0.6 is 172 Å². The summed E-state index contributed by atoms with van der Waals surface area (Å²) < 4.78 is 89.6. The summed E-state index contributed by atoms with van der Waals surface area (Å²) in [6, 6.07) is 14.9. The van der Waals surface area contributed by atoms with Gasteiger partial charge in [-0.1, -0.05) is 76.5 Å². The average molecular weight is 2330 g/mol. The fourth-order valence-electron chi connectivity index (χ4n) is 13.2. The second kappa shape index (κ2) is 68.4. The number of carbonyl (C=O) groups is 11. The van der Waals surface area contributed by atoms with Gasteiger partial charge < -0.3 is 40.6 Å². The molecule has 10 N–H and O–H groups in total. The number of aliphatic hydroxyl groups is 5. The van der Waals surface area contributed by atoms with Gasteiger partial charge in [-0.3, -0.25) is 77.0 Å². The van der Waals surface area contributed by atoms with Gasteiger partial charge in [0, 0.05) is 141 Å². The number of hydrogen-bond acceptors (Lipinski definition) is 32. The zero-order valence-corrected chi connectivity index (χ0v) is 93.7. The SMILES string of the molecule is CCC(=O)CCCC(=O)c1sc(C)cc1Cl.CNC(=O)CCC(=O)c1sc(C)cc1Cl.Cc1cc(C(F)(F)F)c(C(=O)NOCCO)s1.Cc1cc(C)c(C(=O)NOCCO)s1.Cc1cc(Cl)c(C(=O)CCCN2CCC(F)(F)C2)s1.Cc1cc(Cl)c(C(=O)CCCN2CCC(F)C2)s1.Cc1cc(Cl)c(C(=O)CCCN2CCC(O)C2)s1.Cc1cc(Cl)c(C(=O)NOCCO)s1.Cc1cc(F)c(C(=O)NOCCO)s1. The predicted octanol–water partition coefficient (Wildman–Crippen LogP) is 21.9. The van der Waals surface area contributed by atoms with E-state index in [9.17, 15) is 88.6 Å². The largest absolute Gasteiger partial charge is 0.418 e. The van der Waals surface area contributed by atoms with Crippen molar-refractivity contribution >= 4 is 236 Å². The molecule has 145 heavy (non-hydrogen) atoms. The number of likely N-dealkylation sites (tertiary alicyclic amines) is 3. The summed E-state index contributed by atoms with van der Waals surface area (Å²) in [7, 11) is 1.55. The molecular weight excluding hydrogens is 2210 g/mol. The van der Waals surface area contributed by atoms with Gasteiger partial charge in [-0.15, -0.1) is 102 Å². The number of ketones is 6. The van der Waals surface area contributed by atoms with Gasteiger partial charge in [-0.25, -0.2) is 39.5 Å². The number of thiophene rings is 9. The maximum absolute atomic E-state index is 13.0. The minimum atomic E-state index is -4.57. The summed E-state index contributed by atoms with van der Waals surface area (Å²) in [5.74, 6) is -5.05. The Hall–Kier alpha value is -6.56. The molecule has 3 fully saturated rings. The number of Topliss-reactive ketones (excluding diaryl/α,β-unsaturated/α-hetero) is 6. The molecule has 0 radical (unpaired) electrons. The summed E-state index contributed by atoms with van der Waals surface area (Å²) >= 11 is 47.2. The van der Waals surface area contributed by atoms with Crippen molar-refractivity contribution in [2.24, 2.45) is 0 Å². The van der Waals surface area contributed by atoms with E-state index < -0.39 is 46.3 Å². The third kappa shape index (κ3) is 49.6. The van der Waals surface area contributed by atoms with Crippen molar-refractivity contribution in [2.45, 2.75) is 197 Å². The topological polar surface area (TPSA) is 396 Å². The summed E-state index contributed by atoms with van der Waals surface area (Å²) in [4.78, 5) is 163. The predicted molar refractivity (Wildman–Crippen MR) is 564 cm³/mol. The number of carbonyl (C=O) groups excluding carboxylic acids is 11. The molecule has 9 aromatic rings. The molecule has 3 aliphatic heterocycles. The second-order valence-corrected chi connectivity index (χ2v) is 46.1. The number of alkyl halides is 6. The molecule has 5 amide bonds. The Morgan fingerprint density at radius 1 is 0.407 bits per heavy atom. The molecule has 0 saturated carbocycles. The molecule has 9 aromatic heterocycles. The maximum Gasteiger partial charge on any atom is 0.418 e. The van der Waals surface area contributed by atoms with Crippen molar-refractivity contribution in [3.8, 4) is 0 Å². The molecule has 2 atom stereocenters. The highest BCUT2D eigenvalue weighted by Crippen LogP contribution is 2.39. The van der Waals surface area contributed by atoms with Crippen LogP contribution in [0.3, 0.4) is 0 Å². The van der Waals surface area contributed by atoms with Crippen LogP contribution in [-0.4, -0.2) is 241 Å². The maximum atomic E-state index is 13.0. The molecule has 12 heterocycles. The highest BCUT2D eigenvalue weighted by Gasteiger charge is 2.39. The molecule has 12 rings (SSSR count). The summed E-state index contributed by atoms with van der Waals surface area (Å²) in [5, 5.41) is 48.5. The first-order chi connectivity index (χ1) is 68.4. The number of β-amino-alcohol motifs (C(OH)–C–C–N with tert-alkyl or cyclic N) is 1. The number of aryl methyl sites for hydroxylation is 10. The highest BCUT2D eigenvalue weighted by molar-refractivity contribution is 7.17. The Morgan fingerprint density at radius 2 is 0.724 bits per heavy atom. The van der Waals surface area contributed by atoms with E-state index in [4.69, 9.17) is 94.9 Å². The Bertz CT molecular complexity index is 5390. The van der Waals surface area contributed by atoms with Crippen molar-refractivity contribution in [2.75, 3.05) is 119 Å². The molecule has 806 valence electrons. The quantitative estimate of drug-likeness (QED) is 0.00736. The third-order valence-corrected chi connectivity index (χ3v) is 32.0. The Labute approximate surface area is 903 Å². The van der Waals surface area contributed by atoms with Crippen molar-refractivity contribution in [1.29, 1.82) is 0 Å². The van der Waals surface area contributed by atoms with Crippen LogP contribution in [0, 0.1) is 75.1 Å². The van der Waals surface area contributed by atoms with E-state index in [1.807, 2.05) is 91.5 Å². The van der Waals surface area contributed by atoms with Crippen LogP contribution in [0.1, 0.15) is 245 Å². The van der Waals surface area contributed by atoms with Crippen molar-refractivity contribution in [3.05, 3.63) is 189 Å². The lowest BCUT2D eigenvalue weighted by atomic mass is 10.1. The molecule has 2 unspecified atom stereocenters. The van der Waals surface area contributed by atoms with Crippen molar-refractivity contribution in [1.82, 2.24) is 41.9 Å². The number of nitrogens with zero attached hydrogens (tertiary/aromatic N) is 3. The molecule has 3 aliphatic rings. The number of rotatable bonds is 41. The molecule has 0 spiro atoms. The lowest BCUT2D eigenvalue weighted by molar-refractivity contribution is -0.137. The first-order valence-electron chi connectivity index (χ1n) is 45.3. The summed E-state index contributed by atoms with van der Waals surface area (Å²) in [5.41, 5.74) is 8.27. The van der Waals surface area contributed by atoms with Gasteiger partial charge in [0.15, 0.2) is 28.9 Å². The van der Waals surface area contributed by atoms with Gasteiger partial charge in [0.1, 0.15) is 32.4 Å². The third-order valence-electron chi connectivity index (χ3n) is 19.9. The Morgan fingerprint density at radius 3 is 1.03 bits per heavy atom. The van der Waals surface area contributed by atoms with Crippen LogP contribution in [0.5, 0.6) is 0 Å². The van der Waals surface area contributed by atoms with E-state index in [1.165, 1.54) is 92.3 Å². The van der Waals surface area contributed by atoms with Gasteiger partial charge in [-0.2, -0.15) is 13.2 Å². The molecular formula is C95H121Cl6F7N8O20S9. The van der Waals surface area contributed by atoms with E-state index in [0.29, 0.717) is 147 Å². The van der Waals surface area contributed by atoms with E-state index in [0.717, 1.165) is 125 Å². The van der Waals surface area contributed by atoms with Crippen LogP contribution in [0.2, 0.25) is 30.1 Å². The smallest absolute Gasteiger partial charge is 0.394 e. The van der Waals surface area contributed by atoms with E-state index in [1.54, 1.807) is 43.1 Å². The normalized spacial score (nSPS) is 14.1. The van der Waals surface area contributed by atoms with Crippen LogP contribution in [0.15, 0.2) is 54.6 Å². The average Bonchev–Trinajstić information content (AvgIpc) is 1.67. The van der Waals surface area contributed by atoms with E-state index in [2.05, 4.69) is 40.6 Å². The zero-order valence-electron chi connectivity index (χ0n) is 81.8. The Kier molecular flexibility index (Phi) is 61.6. The molecule has 50 heteroatoms. The minimum absolute atomic E-state index is 0.00839. The fourth-order valence-corrected chi connectivity index (χ4v) is 23.6. The van der Waals surface area contributed by atoms with Gasteiger partial charge in [0.05, 0.1) is 130 Å². The summed E-state index contributed by atoms with van der Waals surface area (Å²) in [6.45, 7) is 25.0. The molecule has 0 bridgehead atoms. The zero-order chi connectivity index (χ0) is 109. The number of nitrogens with one attached hydrogen (secondary N) is 5. The highest BCUT2D eigenvalue weighted by atomic mass is 35.5. The summed E-state index contributed by atoms with van der Waals surface area (Å²) in [6.07, 6.45) is 2.05. The lowest BCUT2D eigenvalue weighted by Gasteiger charge is -2.14. The van der Waals surface area contributed by atoms with E-state index >= 15 is 0 Å². The van der Waals surface area contributed by atoms with Gasteiger partial charge in [0.2, 0.25) is 5.91 Å². The van der Waals surface area contributed by atoms with Gasteiger partial charge >= 0.3 is 6.18 Å². The first-order valence-corrected chi connectivity index (χ1v) is 54.9. The number of hydroxylamine groups is 4. The number of aliphatic hydroxyl groups excluding tert-OH is 5. The number of hydrogen-bond donors (Lipinski definition) is 10. The van der Waals surface area contributed by atoms with Gasteiger partial charge in [-0.05, 0) is 188 Å². The molecule has 0 aromatic carbocycles. The fraction of sp³-hybridized carbons (Fsp3) is 0.505. The molecule has 3 saturated heterocycles. The number of halogens is 13. The lowest BCUT2D eigenvalue weighted by Crippen LogP contribution is -2.26. The Balaban J connectivity index is 0.000000341. The van der Waals surface area contributed by atoms with Crippen LogP contribution in [-0.2, 0) is 35.1 Å². The standard InChI is InChI=1S/C13H16ClF2NOS.C13H17ClFNOS.C13H18ClNO2S.C12H15ClO2S.C10H12ClNO2S.C9H10F3NO3S.C9H13NO3S.C8H10ClNO3S.C8H10FNO3S/c1-9-7-10(14)12(19-9)11(18)3-2-5-17-6-4-13(15,16)8-17;1-9-7-11(14)13(18-9)12(17)3-2-5-16-6-4-10(15)8-16;1-9-7-11(14)13(18-9)12(17)3-2-5-15-6-4-10(16)8-15;1-3-9(14)5-4-6-11(15)12-10(13)7-8(2)16-12;1-6-5-7(11)10(15-6)8(13)3-4-9(14)12-2;1-5-4-6(9(10,11)12)7(17-5)8(15)13-16-3-2-14;1-6-5-7(2)14-8(6)9(12)10-13-4-3-11;2*1-5-4-6(9)7(14-5)8(12)10-13-3-2-11/h7H,2-6,8H2,1H3;7,10H,2-6,8H2,1H3;7,10,16H,2-6,8H2,1H3;7H,3-6H2,1-2H3;5H,3-4H2,1-2H3,(H,12,14);4,14H,2-3H2,1H3,(H,13,15);5,11H,3-4H2,1-2H3,(H,10,12);2*4,11H,2-3H2,1H3,(H,10,12).